The molecule has 30 heavy (non-hydrogen) atoms. The first-order valence-electron chi connectivity index (χ1n) is 9.64. The Balaban J connectivity index is 1.45. The predicted octanol–water partition coefficient (Wildman–Crippen LogP) is 4.09. The van der Waals surface area contributed by atoms with E-state index in [9.17, 15) is 14.4 Å². The van der Waals surface area contributed by atoms with Gasteiger partial charge in [-0.1, -0.05) is 30.3 Å². The monoisotopic (exact) mass is 400 g/mol. The zero-order chi connectivity index (χ0) is 20.9. The maximum Gasteiger partial charge on any atom is 0.259 e. The summed E-state index contributed by atoms with van der Waals surface area (Å²) in [5.74, 6) is -0.193. The van der Waals surface area contributed by atoms with Gasteiger partial charge >= 0.3 is 0 Å². The van der Waals surface area contributed by atoms with Gasteiger partial charge in [0.2, 0.25) is 5.91 Å². The van der Waals surface area contributed by atoms with Crippen LogP contribution in [-0.2, 0) is 11.2 Å². The number of aryl methyl sites for hydroxylation is 1. The van der Waals surface area contributed by atoms with E-state index in [-0.39, 0.29) is 24.2 Å². The number of ether oxygens (including phenoxy) is 1. The molecule has 0 spiro atoms. The molecule has 2 amide bonds. The van der Waals surface area contributed by atoms with Crippen LogP contribution in [0.1, 0.15) is 32.7 Å². The van der Waals surface area contributed by atoms with Crippen LogP contribution < -0.4 is 15.4 Å². The summed E-state index contributed by atoms with van der Waals surface area (Å²) in [6, 6.07) is 21.1. The Morgan fingerprint density at radius 1 is 0.933 bits per heavy atom. The minimum absolute atomic E-state index is 0.0182. The van der Waals surface area contributed by atoms with Crippen LogP contribution >= 0.6 is 0 Å². The summed E-state index contributed by atoms with van der Waals surface area (Å²) in [4.78, 5) is 36.7. The molecular weight excluding hydrogens is 380 g/mol. The quantitative estimate of drug-likeness (QED) is 0.611. The SMILES string of the molecule is O=C1CCc2cc(C(=O)COc3ccccc3C(=O)Nc3ccccc3)ccc2N1. The van der Waals surface area contributed by atoms with E-state index in [1.54, 1.807) is 54.6 Å². The summed E-state index contributed by atoms with van der Waals surface area (Å²) < 4.78 is 5.69. The van der Waals surface area contributed by atoms with Crippen molar-refractivity contribution in [2.24, 2.45) is 0 Å². The van der Waals surface area contributed by atoms with Gasteiger partial charge in [-0.25, -0.2) is 0 Å². The lowest BCUT2D eigenvalue weighted by Gasteiger charge is -2.17. The third-order valence-corrected chi connectivity index (χ3v) is 4.84. The molecule has 2 N–H and O–H groups in total. The number of ketones is 1. The topological polar surface area (TPSA) is 84.5 Å². The molecule has 6 heteroatoms. The molecule has 1 heterocycles. The largest absolute Gasteiger partial charge is 0.485 e. The van der Waals surface area contributed by atoms with Gasteiger partial charge in [-0.2, -0.15) is 0 Å². The van der Waals surface area contributed by atoms with Gasteiger partial charge in [0.1, 0.15) is 5.75 Å². The van der Waals surface area contributed by atoms with Crippen molar-refractivity contribution in [3.8, 4) is 5.75 Å². The first-order chi connectivity index (χ1) is 14.6. The Morgan fingerprint density at radius 3 is 2.53 bits per heavy atom. The van der Waals surface area contributed by atoms with Crippen LogP contribution in [-0.4, -0.2) is 24.2 Å². The molecule has 0 bridgehead atoms. The maximum atomic E-state index is 12.6. The summed E-state index contributed by atoms with van der Waals surface area (Å²) in [6.07, 6.45) is 1.01. The average Bonchev–Trinajstić information content (AvgIpc) is 2.78. The smallest absolute Gasteiger partial charge is 0.259 e. The normalized spacial score (nSPS) is 12.5. The highest BCUT2D eigenvalue weighted by Gasteiger charge is 2.18. The zero-order valence-corrected chi connectivity index (χ0v) is 16.2. The Labute approximate surface area is 173 Å². The van der Waals surface area contributed by atoms with Crippen LogP contribution in [0.2, 0.25) is 0 Å². The summed E-state index contributed by atoms with van der Waals surface area (Å²) in [5.41, 5.74) is 3.21. The molecule has 150 valence electrons. The van der Waals surface area contributed by atoms with Gasteiger partial charge in [0.25, 0.3) is 5.91 Å². The summed E-state index contributed by atoms with van der Waals surface area (Å²) >= 11 is 0. The van der Waals surface area contributed by atoms with Gasteiger partial charge in [0.05, 0.1) is 5.56 Å². The van der Waals surface area contributed by atoms with E-state index in [0.29, 0.717) is 35.4 Å². The van der Waals surface area contributed by atoms with E-state index in [0.717, 1.165) is 11.3 Å². The molecule has 1 aliphatic heterocycles. The number of rotatable bonds is 6. The molecule has 0 unspecified atom stereocenters. The van der Waals surface area contributed by atoms with Crippen molar-refractivity contribution in [2.75, 3.05) is 17.2 Å². The fourth-order valence-electron chi connectivity index (χ4n) is 3.28. The third kappa shape index (κ3) is 4.38. The van der Waals surface area contributed by atoms with Gasteiger partial charge in [0, 0.05) is 23.4 Å². The van der Waals surface area contributed by atoms with Crippen molar-refractivity contribution < 1.29 is 19.1 Å². The number of carbonyl (C=O) groups is 3. The Hall–Kier alpha value is -3.93. The number of para-hydroxylation sites is 2. The van der Waals surface area contributed by atoms with Crippen LogP contribution in [0.4, 0.5) is 11.4 Å². The number of hydrogen-bond acceptors (Lipinski definition) is 4. The molecule has 0 saturated heterocycles. The molecule has 0 fully saturated rings. The van der Waals surface area contributed by atoms with E-state index in [1.807, 2.05) is 18.2 Å². The molecule has 1 aliphatic rings. The highest BCUT2D eigenvalue weighted by molar-refractivity contribution is 6.06. The fourth-order valence-corrected chi connectivity index (χ4v) is 3.28. The molecule has 3 aromatic rings. The summed E-state index contributed by atoms with van der Waals surface area (Å²) in [5, 5.41) is 5.62. The minimum atomic E-state index is -0.311. The first-order valence-corrected chi connectivity index (χ1v) is 9.64. The number of amides is 2. The van der Waals surface area contributed by atoms with Gasteiger partial charge in [-0.3, -0.25) is 14.4 Å². The second kappa shape index (κ2) is 8.61. The number of nitrogens with one attached hydrogen (secondary N) is 2. The van der Waals surface area contributed by atoms with E-state index in [4.69, 9.17) is 4.74 Å². The second-order valence-electron chi connectivity index (χ2n) is 6.95. The molecule has 0 saturated carbocycles. The molecule has 4 rings (SSSR count). The average molecular weight is 400 g/mol. The summed E-state index contributed by atoms with van der Waals surface area (Å²) in [7, 11) is 0. The molecule has 6 nitrogen and oxygen atoms in total. The lowest BCUT2D eigenvalue weighted by atomic mass is 9.99. The first kappa shape index (κ1) is 19.4. The second-order valence-corrected chi connectivity index (χ2v) is 6.95. The number of carbonyl (C=O) groups excluding carboxylic acids is 3. The Morgan fingerprint density at radius 2 is 1.70 bits per heavy atom. The van der Waals surface area contributed by atoms with Crippen molar-refractivity contribution in [1.29, 1.82) is 0 Å². The van der Waals surface area contributed by atoms with Crippen molar-refractivity contribution in [2.45, 2.75) is 12.8 Å². The minimum Gasteiger partial charge on any atom is -0.485 e. The Bertz CT molecular complexity index is 1110. The fraction of sp³-hybridized carbons (Fsp3) is 0.125. The van der Waals surface area contributed by atoms with Crippen molar-refractivity contribution in [3.63, 3.8) is 0 Å². The lowest BCUT2D eigenvalue weighted by Crippen LogP contribution is -2.20. The maximum absolute atomic E-state index is 12.6. The van der Waals surface area contributed by atoms with Crippen LogP contribution in [0.25, 0.3) is 0 Å². The summed E-state index contributed by atoms with van der Waals surface area (Å²) in [6.45, 7) is -0.194. The molecule has 0 aliphatic carbocycles. The zero-order valence-electron chi connectivity index (χ0n) is 16.2. The molecule has 0 radical (unpaired) electrons. The van der Waals surface area contributed by atoms with E-state index >= 15 is 0 Å². The van der Waals surface area contributed by atoms with Gasteiger partial charge in [0.15, 0.2) is 12.4 Å². The highest BCUT2D eigenvalue weighted by atomic mass is 16.5. The van der Waals surface area contributed by atoms with Gasteiger partial charge in [-0.15, -0.1) is 0 Å². The van der Waals surface area contributed by atoms with Crippen molar-refractivity contribution >= 4 is 29.0 Å². The van der Waals surface area contributed by atoms with Crippen molar-refractivity contribution in [1.82, 2.24) is 0 Å². The molecule has 3 aromatic carbocycles. The molecule has 0 atom stereocenters. The predicted molar refractivity (Wildman–Crippen MR) is 114 cm³/mol. The number of hydrogen-bond donors (Lipinski definition) is 2. The van der Waals surface area contributed by atoms with Crippen LogP contribution in [0.3, 0.4) is 0 Å². The van der Waals surface area contributed by atoms with Crippen LogP contribution in [0.15, 0.2) is 72.8 Å². The third-order valence-electron chi connectivity index (χ3n) is 4.84. The Kier molecular flexibility index (Phi) is 5.57. The standard InChI is InChI=1S/C24H20N2O4/c27-21(17-10-12-20-16(14-17)11-13-23(28)26-20)15-30-22-9-5-4-8-19(22)24(29)25-18-6-2-1-3-7-18/h1-10,12,14H,11,13,15H2,(H,25,29)(H,26,28). The number of anilines is 2. The van der Waals surface area contributed by atoms with E-state index < -0.39 is 0 Å². The number of fused-ring (bicyclic) bond motifs is 1. The van der Waals surface area contributed by atoms with Crippen molar-refractivity contribution in [3.05, 3.63) is 89.5 Å². The van der Waals surface area contributed by atoms with E-state index in [2.05, 4.69) is 10.6 Å². The lowest BCUT2D eigenvalue weighted by molar-refractivity contribution is -0.116. The molecular formula is C24H20N2O4. The van der Waals surface area contributed by atoms with Crippen LogP contribution in [0.5, 0.6) is 5.75 Å². The van der Waals surface area contributed by atoms with Gasteiger partial charge in [-0.05, 0) is 54.4 Å². The van der Waals surface area contributed by atoms with Crippen LogP contribution in [0, 0.1) is 0 Å². The number of Topliss-reactive ketones (excluding diaryl/α,β-unsaturated/α-hetero) is 1. The van der Waals surface area contributed by atoms with E-state index in [1.165, 1.54) is 0 Å². The highest BCUT2D eigenvalue weighted by Crippen LogP contribution is 2.24. The molecule has 0 aromatic heterocycles. The van der Waals surface area contributed by atoms with Gasteiger partial charge < -0.3 is 15.4 Å². The number of benzene rings is 3.